The lowest BCUT2D eigenvalue weighted by molar-refractivity contribution is -0.138. The summed E-state index contributed by atoms with van der Waals surface area (Å²) in [5.41, 5.74) is 0. The Kier molecular flexibility index (Phi) is 3.92. The van der Waals surface area contributed by atoms with Crippen LogP contribution in [0.3, 0.4) is 0 Å². The van der Waals surface area contributed by atoms with Crippen LogP contribution in [0.15, 0.2) is 0 Å². The first kappa shape index (κ1) is 11.0. The van der Waals surface area contributed by atoms with Crippen LogP contribution in [0, 0.1) is 0 Å². The predicted octanol–water partition coefficient (Wildman–Crippen LogP) is 1.25. The summed E-state index contributed by atoms with van der Waals surface area (Å²) in [4.78, 5) is 23.6. The van der Waals surface area contributed by atoms with Gasteiger partial charge in [-0.3, -0.25) is 9.59 Å². The van der Waals surface area contributed by atoms with Gasteiger partial charge in [0.15, 0.2) is 0 Å². The predicted molar refractivity (Wildman–Crippen MR) is 51.9 cm³/mol. The van der Waals surface area contributed by atoms with E-state index in [0.717, 1.165) is 19.4 Å². The Hall–Kier alpha value is -1.06. The number of carboxylic acids is 1. The fourth-order valence-corrected chi connectivity index (χ4v) is 1.93. The van der Waals surface area contributed by atoms with Gasteiger partial charge in [-0.15, -0.1) is 0 Å². The molecule has 1 saturated heterocycles. The van der Waals surface area contributed by atoms with Gasteiger partial charge in [0, 0.05) is 25.4 Å². The highest BCUT2D eigenvalue weighted by Gasteiger charge is 2.29. The summed E-state index contributed by atoms with van der Waals surface area (Å²) in [5.74, 6) is -0.594. The SMILES string of the molecule is CCCN1C(=O)CC[C@@H]1CCC(=O)O. The third kappa shape index (κ3) is 2.72. The van der Waals surface area contributed by atoms with Gasteiger partial charge in [0.25, 0.3) is 0 Å². The Labute approximate surface area is 83.9 Å². The molecule has 0 saturated carbocycles. The first-order valence-corrected chi connectivity index (χ1v) is 5.16. The minimum atomic E-state index is -0.777. The van der Waals surface area contributed by atoms with Crippen LogP contribution in [0.25, 0.3) is 0 Å². The quantitative estimate of drug-likeness (QED) is 0.725. The zero-order chi connectivity index (χ0) is 10.6. The number of aliphatic carboxylic acids is 1. The molecule has 1 amide bonds. The van der Waals surface area contributed by atoms with Gasteiger partial charge in [-0.25, -0.2) is 0 Å². The van der Waals surface area contributed by atoms with Crippen molar-refractivity contribution in [2.45, 2.75) is 45.1 Å². The van der Waals surface area contributed by atoms with Gasteiger partial charge in [0.05, 0.1) is 0 Å². The first-order chi connectivity index (χ1) is 6.65. The van der Waals surface area contributed by atoms with E-state index in [4.69, 9.17) is 5.11 Å². The van der Waals surface area contributed by atoms with E-state index in [9.17, 15) is 9.59 Å². The van der Waals surface area contributed by atoms with Crippen molar-refractivity contribution in [2.75, 3.05) is 6.54 Å². The molecule has 4 heteroatoms. The summed E-state index contributed by atoms with van der Waals surface area (Å²) in [7, 11) is 0. The van der Waals surface area contributed by atoms with Crippen LogP contribution in [0.2, 0.25) is 0 Å². The zero-order valence-corrected chi connectivity index (χ0v) is 8.53. The molecule has 0 aromatic rings. The van der Waals surface area contributed by atoms with Crippen LogP contribution in [-0.4, -0.2) is 34.5 Å². The van der Waals surface area contributed by atoms with Crippen molar-refractivity contribution in [2.24, 2.45) is 0 Å². The molecule has 1 heterocycles. The molecule has 0 unspecified atom stereocenters. The monoisotopic (exact) mass is 199 g/mol. The summed E-state index contributed by atoms with van der Waals surface area (Å²) in [6, 6.07) is 0.165. The Morgan fingerprint density at radius 1 is 1.64 bits per heavy atom. The van der Waals surface area contributed by atoms with Crippen molar-refractivity contribution in [1.29, 1.82) is 0 Å². The number of nitrogens with zero attached hydrogens (tertiary/aromatic N) is 1. The Morgan fingerprint density at radius 2 is 2.36 bits per heavy atom. The number of carbonyl (C=O) groups excluding carboxylic acids is 1. The second-order valence-electron chi connectivity index (χ2n) is 3.71. The van der Waals surface area contributed by atoms with Crippen molar-refractivity contribution >= 4 is 11.9 Å². The van der Waals surface area contributed by atoms with Gasteiger partial charge < -0.3 is 10.0 Å². The third-order valence-corrected chi connectivity index (χ3v) is 2.61. The summed E-state index contributed by atoms with van der Waals surface area (Å²) >= 11 is 0. The molecule has 80 valence electrons. The first-order valence-electron chi connectivity index (χ1n) is 5.16. The standard InChI is InChI=1S/C10H17NO3/c1-2-7-11-8(3-5-9(11)12)4-6-10(13)14/h8H,2-7H2,1H3,(H,13,14)/t8-/m1/s1. The molecular formula is C10H17NO3. The maximum atomic E-state index is 11.4. The van der Waals surface area contributed by atoms with Gasteiger partial charge in [0.2, 0.25) is 5.91 Å². The van der Waals surface area contributed by atoms with Gasteiger partial charge in [0.1, 0.15) is 0 Å². The molecule has 1 rings (SSSR count). The van der Waals surface area contributed by atoms with E-state index in [1.54, 1.807) is 0 Å². The Morgan fingerprint density at radius 3 is 2.93 bits per heavy atom. The van der Waals surface area contributed by atoms with Crippen LogP contribution >= 0.6 is 0 Å². The van der Waals surface area contributed by atoms with E-state index in [0.29, 0.717) is 12.8 Å². The van der Waals surface area contributed by atoms with E-state index in [-0.39, 0.29) is 18.4 Å². The minimum Gasteiger partial charge on any atom is -0.481 e. The van der Waals surface area contributed by atoms with Crippen molar-refractivity contribution in [3.8, 4) is 0 Å². The van der Waals surface area contributed by atoms with Crippen LogP contribution in [-0.2, 0) is 9.59 Å². The summed E-state index contributed by atoms with van der Waals surface area (Å²) in [6.45, 7) is 2.79. The third-order valence-electron chi connectivity index (χ3n) is 2.61. The van der Waals surface area contributed by atoms with E-state index in [1.165, 1.54) is 0 Å². The second kappa shape index (κ2) is 4.98. The van der Waals surface area contributed by atoms with E-state index >= 15 is 0 Å². The molecule has 0 bridgehead atoms. The molecule has 1 aliphatic rings. The number of carboxylic acid groups (broad SMARTS) is 1. The van der Waals surface area contributed by atoms with Crippen LogP contribution in [0.1, 0.15) is 39.0 Å². The van der Waals surface area contributed by atoms with Gasteiger partial charge >= 0.3 is 5.97 Å². The summed E-state index contributed by atoms with van der Waals surface area (Å²) in [6.07, 6.45) is 3.12. The largest absolute Gasteiger partial charge is 0.481 e. The van der Waals surface area contributed by atoms with Crippen LogP contribution in [0.5, 0.6) is 0 Å². The number of hydrogen-bond donors (Lipinski definition) is 1. The van der Waals surface area contributed by atoms with Crippen molar-refractivity contribution in [3.05, 3.63) is 0 Å². The highest BCUT2D eigenvalue weighted by Crippen LogP contribution is 2.22. The van der Waals surface area contributed by atoms with Crippen molar-refractivity contribution in [1.82, 2.24) is 4.90 Å². The minimum absolute atomic E-state index is 0.165. The van der Waals surface area contributed by atoms with Crippen LogP contribution in [0.4, 0.5) is 0 Å². The molecule has 1 aliphatic heterocycles. The molecule has 0 aromatic heterocycles. The topological polar surface area (TPSA) is 57.6 Å². The molecule has 4 nitrogen and oxygen atoms in total. The molecule has 0 spiro atoms. The number of likely N-dealkylation sites (tertiary alicyclic amines) is 1. The van der Waals surface area contributed by atoms with Gasteiger partial charge in [-0.1, -0.05) is 6.92 Å². The van der Waals surface area contributed by atoms with Crippen molar-refractivity contribution < 1.29 is 14.7 Å². The summed E-state index contributed by atoms with van der Waals surface area (Å²) < 4.78 is 0. The molecule has 0 aromatic carbocycles. The highest BCUT2D eigenvalue weighted by atomic mass is 16.4. The zero-order valence-electron chi connectivity index (χ0n) is 8.53. The molecule has 0 aliphatic carbocycles. The Bertz CT molecular complexity index is 227. The fourth-order valence-electron chi connectivity index (χ4n) is 1.93. The molecule has 1 fully saturated rings. The molecule has 14 heavy (non-hydrogen) atoms. The normalized spacial score (nSPS) is 21.6. The Balaban J connectivity index is 2.42. The fraction of sp³-hybridized carbons (Fsp3) is 0.800. The van der Waals surface area contributed by atoms with E-state index in [2.05, 4.69) is 0 Å². The number of carbonyl (C=O) groups is 2. The lowest BCUT2D eigenvalue weighted by atomic mass is 10.1. The maximum Gasteiger partial charge on any atom is 0.303 e. The summed E-state index contributed by atoms with van der Waals surface area (Å²) in [5, 5.41) is 8.55. The number of hydrogen-bond acceptors (Lipinski definition) is 2. The maximum absolute atomic E-state index is 11.4. The smallest absolute Gasteiger partial charge is 0.303 e. The molecule has 1 N–H and O–H groups in total. The van der Waals surface area contributed by atoms with Gasteiger partial charge in [-0.05, 0) is 19.3 Å². The van der Waals surface area contributed by atoms with Crippen molar-refractivity contribution in [3.63, 3.8) is 0 Å². The number of amides is 1. The van der Waals surface area contributed by atoms with E-state index in [1.807, 2.05) is 11.8 Å². The molecule has 1 atom stereocenters. The highest BCUT2D eigenvalue weighted by molar-refractivity contribution is 5.78. The second-order valence-corrected chi connectivity index (χ2v) is 3.71. The lowest BCUT2D eigenvalue weighted by Crippen LogP contribution is -2.33. The average Bonchev–Trinajstić information content (AvgIpc) is 2.46. The lowest BCUT2D eigenvalue weighted by Gasteiger charge is -2.23. The molecular weight excluding hydrogens is 182 g/mol. The van der Waals surface area contributed by atoms with Crippen LogP contribution < -0.4 is 0 Å². The molecule has 0 radical (unpaired) electrons. The van der Waals surface area contributed by atoms with Gasteiger partial charge in [-0.2, -0.15) is 0 Å². The number of rotatable bonds is 5. The van der Waals surface area contributed by atoms with E-state index < -0.39 is 5.97 Å². The average molecular weight is 199 g/mol.